The molecule has 0 saturated carbocycles. The van der Waals surface area contributed by atoms with Crippen LogP contribution >= 0.6 is 0 Å². The lowest BCUT2D eigenvalue weighted by molar-refractivity contribution is -0.122. The van der Waals surface area contributed by atoms with Crippen LogP contribution in [0.25, 0.3) is 0 Å². The van der Waals surface area contributed by atoms with E-state index in [0.29, 0.717) is 6.54 Å². The van der Waals surface area contributed by atoms with E-state index in [1.54, 1.807) is 0 Å². The van der Waals surface area contributed by atoms with Gasteiger partial charge in [-0.3, -0.25) is 4.79 Å². The third kappa shape index (κ3) is 4.47. The van der Waals surface area contributed by atoms with Crippen LogP contribution in [0.2, 0.25) is 0 Å². The Balaban J connectivity index is 1.57. The molecule has 0 bridgehead atoms. The monoisotopic (exact) mass is 340 g/mol. The molecule has 1 amide bonds. The highest BCUT2D eigenvalue weighted by molar-refractivity contribution is 5.83. The van der Waals surface area contributed by atoms with Crippen LogP contribution in [0.5, 0.6) is 0 Å². The largest absolute Gasteiger partial charge is 0.355 e. The zero-order valence-electron chi connectivity index (χ0n) is 15.1. The summed E-state index contributed by atoms with van der Waals surface area (Å²) in [6.07, 6.45) is 7.27. The first-order valence-corrected chi connectivity index (χ1v) is 9.53. The van der Waals surface area contributed by atoms with Crippen molar-refractivity contribution in [3.63, 3.8) is 0 Å². The Morgan fingerprint density at radius 3 is 2.84 bits per heavy atom. The molecular weight excluding hydrogens is 312 g/mol. The molecular formula is C20H28N4O. The number of fused-ring (bicyclic) bond motifs is 1. The number of hydrogen-bond donors (Lipinski definition) is 1. The van der Waals surface area contributed by atoms with Gasteiger partial charge >= 0.3 is 0 Å². The quantitative estimate of drug-likeness (QED) is 0.842. The highest BCUT2D eigenvalue weighted by Crippen LogP contribution is 2.21. The summed E-state index contributed by atoms with van der Waals surface area (Å²) in [5, 5.41) is 11.8. The molecule has 1 N–H and O–H groups in total. The van der Waals surface area contributed by atoms with Crippen molar-refractivity contribution < 1.29 is 4.79 Å². The molecule has 5 heteroatoms. The Hall–Kier alpha value is -2.17. The molecule has 134 valence electrons. The Bertz CT molecular complexity index is 680. The minimum atomic E-state index is -0.0679. The van der Waals surface area contributed by atoms with Gasteiger partial charge < -0.3 is 9.88 Å². The van der Waals surface area contributed by atoms with Gasteiger partial charge in [-0.05, 0) is 24.8 Å². The smallest absolute Gasteiger partial charge is 0.227 e. The number of carbonyl (C=O) groups is 1. The molecule has 1 atom stereocenters. The number of hydrogen-bond acceptors (Lipinski definition) is 3. The van der Waals surface area contributed by atoms with Crippen LogP contribution in [0.3, 0.4) is 0 Å². The second kappa shape index (κ2) is 8.79. The third-order valence-electron chi connectivity index (χ3n) is 4.93. The van der Waals surface area contributed by atoms with Crippen molar-refractivity contribution in [2.24, 2.45) is 0 Å². The molecule has 1 aromatic heterocycles. The molecule has 5 nitrogen and oxygen atoms in total. The van der Waals surface area contributed by atoms with Crippen molar-refractivity contribution in [3.05, 3.63) is 47.5 Å². The van der Waals surface area contributed by atoms with Crippen LogP contribution in [0.4, 0.5) is 0 Å². The first kappa shape index (κ1) is 17.6. The Morgan fingerprint density at radius 1 is 1.20 bits per heavy atom. The Kier molecular flexibility index (Phi) is 6.20. The second-order valence-corrected chi connectivity index (χ2v) is 6.79. The third-order valence-corrected chi connectivity index (χ3v) is 4.93. The van der Waals surface area contributed by atoms with Crippen molar-refractivity contribution >= 4 is 5.91 Å². The summed E-state index contributed by atoms with van der Waals surface area (Å²) in [5.74, 6) is 2.15. The summed E-state index contributed by atoms with van der Waals surface area (Å²) in [6.45, 7) is 3.74. The van der Waals surface area contributed by atoms with E-state index in [1.165, 1.54) is 19.3 Å². The van der Waals surface area contributed by atoms with Crippen LogP contribution in [0.15, 0.2) is 30.3 Å². The minimum Gasteiger partial charge on any atom is -0.355 e. The predicted molar refractivity (Wildman–Crippen MR) is 98.4 cm³/mol. The first-order chi connectivity index (χ1) is 12.3. The van der Waals surface area contributed by atoms with E-state index in [0.717, 1.165) is 49.4 Å². The maximum Gasteiger partial charge on any atom is 0.227 e. The first-order valence-electron chi connectivity index (χ1n) is 9.53. The standard InChI is InChI=1S/C20H28N4O/c1-2-9-17(16-10-5-3-6-11-16)20(25)21-14-13-19-23-22-18-12-7-4-8-15-24(18)19/h3,5-6,10-11,17H,2,4,7-9,12-15H2,1H3,(H,21,25). The molecule has 0 aliphatic carbocycles. The zero-order valence-corrected chi connectivity index (χ0v) is 15.1. The molecule has 1 aromatic carbocycles. The number of amides is 1. The lowest BCUT2D eigenvalue weighted by Gasteiger charge is -2.16. The van der Waals surface area contributed by atoms with Gasteiger partial charge in [-0.25, -0.2) is 0 Å². The van der Waals surface area contributed by atoms with Crippen LogP contribution < -0.4 is 5.32 Å². The molecule has 1 aliphatic rings. The molecule has 3 rings (SSSR count). The highest BCUT2D eigenvalue weighted by atomic mass is 16.1. The van der Waals surface area contributed by atoms with Crippen molar-refractivity contribution in [1.29, 1.82) is 0 Å². The Morgan fingerprint density at radius 2 is 2.04 bits per heavy atom. The average Bonchev–Trinajstić information content (AvgIpc) is 2.87. The normalized spacial score (nSPS) is 15.2. The van der Waals surface area contributed by atoms with Crippen molar-refractivity contribution in [2.45, 2.75) is 64.3 Å². The van der Waals surface area contributed by atoms with Gasteiger partial charge in [0, 0.05) is 25.9 Å². The van der Waals surface area contributed by atoms with Gasteiger partial charge in [0.25, 0.3) is 0 Å². The van der Waals surface area contributed by atoms with Crippen molar-refractivity contribution in [3.8, 4) is 0 Å². The lowest BCUT2D eigenvalue weighted by atomic mass is 9.93. The average molecular weight is 340 g/mol. The van der Waals surface area contributed by atoms with Gasteiger partial charge in [0.2, 0.25) is 5.91 Å². The van der Waals surface area contributed by atoms with Gasteiger partial charge in [0.1, 0.15) is 11.6 Å². The Labute approximate surface area is 149 Å². The van der Waals surface area contributed by atoms with E-state index in [9.17, 15) is 4.79 Å². The van der Waals surface area contributed by atoms with Crippen LogP contribution in [0, 0.1) is 0 Å². The molecule has 0 spiro atoms. The maximum absolute atomic E-state index is 12.7. The SMILES string of the molecule is CCCC(C(=O)NCCc1nnc2n1CCCCC2)c1ccccc1. The molecule has 1 unspecified atom stereocenters. The summed E-state index contributed by atoms with van der Waals surface area (Å²) in [7, 11) is 0. The molecule has 2 heterocycles. The van der Waals surface area contributed by atoms with E-state index in [4.69, 9.17) is 0 Å². The summed E-state index contributed by atoms with van der Waals surface area (Å²) < 4.78 is 2.25. The van der Waals surface area contributed by atoms with Gasteiger partial charge in [-0.2, -0.15) is 0 Å². The van der Waals surface area contributed by atoms with Gasteiger partial charge in [-0.15, -0.1) is 10.2 Å². The molecule has 0 fully saturated rings. The number of rotatable bonds is 7. The molecule has 0 saturated heterocycles. The fraction of sp³-hybridized carbons (Fsp3) is 0.550. The van der Waals surface area contributed by atoms with Gasteiger partial charge in [0.15, 0.2) is 0 Å². The van der Waals surface area contributed by atoms with Crippen LogP contribution in [-0.4, -0.2) is 27.2 Å². The fourth-order valence-corrected chi connectivity index (χ4v) is 3.57. The number of benzene rings is 1. The zero-order chi connectivity index (χ0) is 17.5. The van der Waals surface area contributed by atoms with Crippen LogP contribution in [-0.2, 0) is 24.2 Å². The minimum absolute atomic E-state index is 0.0679. The van der Waals surface area contributed by atoms with E-state index in [-0.39, 0.29) is 11.8 Å². The maximum atomic E-state index is 12.7. The summed E-state index contributed by atoms with van der Waals surface area (Å²) in [6, 6.07) is 10.1. The molecule has 1 aliphatic heterocycles. The summed E-state index contributed by atoms with van der Waals surface area (Å²) >= 11 is 0. The number of nitrogens with zero attached hydrogens (tertiary/aromatic N) is 3. The number of carbonyl (C=O) groups excluding carboxylic acids is 1. The topological polar surface area (TPSA) is 59.8 Å². The number of aromatic nitrogens is 3. The lowest BCUT2D eigenvalue weighted by Crippen LogP contribution is -2.31. The number of nitrogens with one attached hydrogen (secondary N) is 1. The predicted octanol–water partition coefficient (Wildman–Crippen LogP) is 3.25. The molecule has 0 radical (unpaired) electrons. The molecule has 2 aromatic rings. The van der Waals surface area contributed by atoms with Crippen molar-refractivity contribution in [1.82, 2.24) is 20.1 Å². The molecule has 25 heavy (non-hydrogen) atoms. The number of aryl methyl sites for hydroxylation is 1. The summed E-state index contributed by atoms with van der Waals surface area (Å²) in [4.78, 5) is 12.7. The van der Waals surface area contributed by atoms with E-state index >= 15 is 0 Å². The van der Waals surface area contributed by atoms with Crippen LogP contribution in [0.1, 0.15) is 62.2 Å². The van der Waals surface area contributed by atoms with E-state index in [2.05, 4.69) is 27.0 Å². The van der Waals surface area contributed by atoms with E-state index < -0.39 is 0 Å². The summed E-state index contributed by atoms with van der Waals surface area (Å²) in [5.41, 5.74) is 1.10. The van der Waals surface area contributed by atoms with Gasteiger partial charge in [0.05, 0.1) is 5.92 Å². The highest BCUT2D eigenvalue weighted by Gasteiger charge is 2.20. The van der Waals surface area contributed by atoms with E-state index in [1.807, 2.05) is 30.3 Å². The van der Waals surface area contributed by atoms with Gasteiger partial charge in [-0.1, -0.05) is 50.1 Å². The second-order valence-electron chi connectivity index (χ2n) is 6.79. The fourth-order valence-electron chi connectivity index (χ4n) is 3.57. The van der Waals surface area contributed by atoms with Crippen molar-refractivity contribution in [2.75, 3.05) is 6.54 Å².